The zero-order valence-corrected chi connectivity index (χ0v) is 14.1. The van der Waals surface area contributed by atoms with Crippen LogP contribution < -0.4 is 10.9 Å². The summed E-state index contributed by atoms with van der Waals surface area (Å²) >= 11 is 0. The highest BCUT2D eigenvalue weighted by atomic mass is 16.2. The van der Waals surface area contributed by atoms with Gasteiger partial charge in [0.25, 0.3) is 5.56 Å². The van der Waals surface area contributed by atoms with E-state index in [-0.39, 0.29) is 23.7 Å². The van der Waals surface area contributed by atoms with Gasteiger partial charge in [0.2, 0.25) is 5.91 Å². The van der Waals surface area contributed by atoms with Crippen molar-refractivity contribution in [2.75, 3.05) is 5.32 Å². The van der Waals surface area contributed by atoms with Crippen LogP contribution in [-0.4, -0.2) is 36.0 Å². The number of aromatic amines is 2. The normalized spacial score (nSPS) is 13.6. The molecule has 1 amide bonds. The third-order valence-corrected chi connectivity index (χ3v) is 4.22. The van der Waals surface area contributed by atoms with Gasteiger partial charge in [-0.15, -0.1) is 0 Å². The monoisotopic (exact) mass is 351 g/mol. The lowest BCUT2D eigenvalue weighted by Gasteiger charge is -2.06. The van der Waals surface area contributed by atoms with Crippen molar-refractivity contribution < 1.29 is 4.79 Å². The predicted octanol–water partition coefficient (Wildman–Crippen LogP) is 1.32. The highest BCUT2D eigenvalue weighted by Gasteiger charge is 2.25. The molecule has 9 heteroatoms. The van der Waals surface area contributed by atoms with E-state index in [0.717, 1.165) is 18.5 Å². The van der Waals surface area contributed by atoms with E-state index in [2.05, 4.69) is 35.5 Å². The first kappa shape index (κ1) is 16.1. The van der Waals surface area contributed by atoms with Gasteiger partial charge in [0.15, 0.2) is 17.5 Å². The maximum atomic E-state index is 12.4. The molecule has 4 rings (SSSR count). The molecule has 26 heavy (non-hydrogen) atoms. The van der Waals surface area contributed by atoms with Crippen LogP contribution in [0.4, 0.5) is 5.82 Å². The molecule has 0 atom stereocenters. The average Bonchev–Trinajstić information content (AvgIpc) is 3.38. The van der Waals surface area contributed by atoms with E-state index in [1.54, 1.807) is 25.4 Å². The first-order chi connectivity index (χ1) is 12.6. The van der Waals surface area contributed by atoms with Gasteiger partial charge in [-0.25, -0.2) is 15.0 Å². The molecule has 0 aromatic carbocycles. The molecule has 3 heterocycles. The maximum Gasteiger partial charge on any atom is 0.255 e. The Morgan fingerprint density at radius 2 is 2.08 bits per heavy atom. The van der Waals surface area contributed by atoms with Crippen LogP contribution in [-0.2, 0) is 11.2 Å². The van der Waals surface area contributed by atoms with Gasteiger partial charge in [0, 0.05) is 41.3 Å². The Morgan fingerprint density at radius 3 is 2.77 bits per heavy atom. The van der Waals surface area contributed by atoms with Crippen LogP contribution in [0.25, 0.3) is 11.6 Å². The summed E-state index contributed by atoms with van der Waals surface area (Å²) in [6.07, 6.45) is 5.34. The Kier molecular flexibility index (Phi) is 4.04. The molecule has 1 aliphatic carbocycles. The second kappa shape index (κ2) is 6.51. The van der Waals surface area contributed by atoms with E-state index < -0.39 is 0 Å². The largest absolute Gasteiger partial charge is 0.309 e. The molecule has 1 saturated carbocycles. The van der Waals surface area contributed by atoms with Crippen molar-refractivity contribution in [3.63, 3.8) is 0 Å². The molecule has 1 aliphatic rings. The molecule has 3 N–H and O–H groups in total. The van der Waals surface area contributed by atoms with Crippen molar-refractivity contribution in [3.8, 4) is 11.6 Å². The van der Waals surface area contributed by atoms with Gasteiger partial charge in [-0.1, -0.05) is 0 Å². The number of hydrogen-bond acceptors (Lipinski definition) is 6. The Morgan fingerprint density at radius 1 is 1.31 bits per heavy atom. The van der Waals surface area contributed by atoms with Crippen LogP contribution in [0.15, 0.2) is 29.3 Å². The summed E-state index contributed by atoms with van der Waals surface area (Å²) in [6.45, 7) is 1.68. The highest BCUT2D eigenvalue weighted by molar-refractivity contribution is 5.91. The number of aryl methyl sites for hydroxylation is 1. The highest BCUT2D eigenvalue weighted by Crippen LogP contribution is 2.39. The zero-order chi connectivity index (χ0) is 18.1. The van der Waals surface area contributed by atoms with Crippen molar-refractivity contribution in [3.05, 3.63) is 51.8 Å². The van der Waals surface area contributed by atoms with Crippen molar-refractivity contribution in [2.45, 2.75) is 32.1 Å². The number of nitrogens with one attached hydrogen (secondary N) is 3. The Hall–Kier alpha value is -3.36. The number of H-pyrrole nitrogens is 2. The van der Waals surface area contributed by atoms with Crippen LogP contribution in [0.5, 0.6) is 0 Å². The van der Waals surface area contributed by atoms with Gasteiger partial charge in [0.1, 0.15) is 0 Å². The van der Waals surface area contributed by atoms with Crippen LogP contribution in [0.2, 0.25) is 0 Å². The molecule has 1 fully saturated rings. The first-order valence-corrected chi connectivity index (χ1v) is 8.32. The summed E-state index contributed by atoms with van der Waals surface area (Å²) in [5, 5.41) is 9.72. The number of rotatable bonds is 5. The summed E-state index contributed by atoms with van der Waals surface area (Å²) in [7, 11) is 0. The Bertz CT molecular complexity index is 1010. The van der Waals surface area contributed by atoms with E-state index >= 15 is 0 Å². The second-order valence-corrected chi connectivity index (χ2v) is 6.26. The molecular formula is C17H17N7O2. The lowest BCUT2D eigenvalue weighted by atomic mass is 10.1. The molecular weight excluding hydrogens is 334 g/mol. The fraction of sp³-hybridized carbons (Fsp3) is 0.294. The summed E-state index contributed by atoms with van der Waals surface area (Å²) in [4.78, 5) is 39.7. The summed E-state index contributed by atoms with van der Waals surface area (Å²) in [6, 6.07) is 3.51. The zero-order valence-electron chi connectivity index (χ0n) is 14.1. The van der Waals surface area contributed by atoms with Gasteiger partial charge in [-0.2, -0.15) is 5.10 Å². The topological polar surface area (TPSA) is 129 Å². The van der Waals surface area contributed by atoms with Crippen molar-refractivity contribution in [1.82, 2.24) is 30.1 Å². The molecule has 0 unspecified atom stereocenters. The van der Waals surface area contributed by atoms with Gasteiger partial charge in [-0.3, -0.25) is 14.7 Å². The van der Waals surface area contributed by atoms with E-state index in [0.29, 0.717) is 28.8 Å². The van der Waals surface area contributed by atoms with Crippen molar-refractivity contribution in [2.24, 2.45) is 0 Å². The molecule has 9 nitrogen and oxygen atoms in total. The molecule has 3 aromatic heterocycles. The average molecular weight is 351 g/mol. The first-order valence-electron chi connectivity index (χ1n) is 8.32. The SMILES string of the molecule is Cc1nc(-c2ncccn2)[nH]c(=O)c1CC(=O)Nc1cc(C2CC2)[nH]n1. The lowest BCUT2D eigenvalue weighted by molar-refractivity contribution is -0.115. The van der Waals surface area contributed by atoms with E-state index in [1.807, 2.05) is 6.07 Å². The fourth-order valence-corrected chi connectivity index (χ4v) is 2.70. The van der Waals surface area contributed by atoms with Gasteiger partial charge >= 0.3 is 0 Å². The molecule has 0 spiro atoms. The Balaban J connectivity index is 1.50. The number of carbonyl (C=O) groups excluding carboxylic acids is 1. The molecule has 0 radical (unpaired) electrons. The summed E-state index contributed by atoms with van der Waals surface area (Å²) in [5.74, 6) is 1.27. The quantitative estimate of drug-likeness (QED) is 0.636. The third-order valence-electron chi connectivity index (χ3n) is 4.22. The minimum absolute atomic E-state index is 0.0876. The number of aromatic nitrogens is 6. The summed E-state index contributed by atoms with van der Waals surface area (Å²) in [5.41, 5.74) is 1.42. The third kappa shape index (κ3) is 3.37. The predicted molar refractivity (Wildman–Crippen MR) is 93.5 cm³/mol. The maximum absolute atomic E-state index is 12.4. The number of nitrogens with zero attached hydrogens (tertiary/aromatic N) is 4. The minimum atomic E-state index is -0.379. The van der Waals surface area contributed by atoms with Gasteiger partial charge in [-0.05, 0) is 25.8 Å². The molecule has 3 aromatic rings. The van der Waals surface area contributed by atoms with Crippen LogP contribution in [0, 0.1) is 6.92 Å². The number of hydrogen-bond donors (Lipinski definition) is 3. The smallest absolute Gasteiger partial charge is 0.255 e. The standard InChI is InChI=1S/C17H17N7O2/c1-9-11(17(26)22-16(20-9)15-18-5-2-6-19-15)7-14(25)21-13-8-12(23-24-13)10-3-4-10/h2,5-6,8,10H,3-4,7H2,1H3,(H,20,22,26)(H2,21,23,24,25). The molecule has 0 aliphatic heterocycles. The van der Waals surface area contributed by atoms with E-state index in [4.69, 9.17) is 0 Å². The van der Waals surface area contributed by atoms with Crippen LogP contribution in [0.3, 0.4) is 0 Å². The van der Waals surface area contributed by atoms with Crippen LogP contribution in [0.1, 0.15) is 35.7 Å². The lowest BCUT2D eigenvalue weighted by Crippen LogP contribution is -2.24. The van der Waals surface area contributed by atoms with E-state index in [9.17, 15) is 9.59 Å². The van der Waals surface area contributed by atoms with E-state index in [1.165, 1.54) is 0 Å². The Labute approximate surface area is 148 Å². The number of anilines is 1. The molecule has 132 valence electrons. The number of carbonyl (C=O) groups is 1. The molecule has 0 bridgehead atoms. The summed E-state index contributed by atoms with van der Waals surface area (Å²) < 4.78 is 0. The van der Waals surface area contributed by atoms with Crippen molar-refractivity contribution >= 4 is 11.7 Å². The minimum Gasteiger partial charge on any atom is -0.309 e. The second-order valence-electron chi connectivity index (χ2n) is 6.26. The van der Waals surface area contributed by atoms with Gasteiger partial charge < -0.3 is 10.3 Å². The van der Waals surface area contributed by atoms with Crippen molar-refractivity contribution in [1.29, 1.82) is 0 Å². The van der Waals surface area contributed by atoms with Gasteiger partial charge in [0.05, 0.1) is 6.42 Å². The molecule has 0 saturated heterocycles. The number of amides is 1. The van der Waals surface area contributed by atoms with Crippen LogP contribution >= 0.6 is 0 Å². The fourth-order valence-electron chi connectivity index (χ4n) is 2.70.